The van der Waals surface area contributed by atoms with Gasteiger partial charge in [0, 0.05) is 34.8 Å². The zero-order chi connectivity index (χ0) is 24.1. The number of fused-ring (bicyclic) bond motifs is 3. The second-order valence-corrected chi connectivity index (χ2v) is 11.2. The molecule has 34 heavy (non-hydrogen) atoms. The Morgan fingerprint density at radius 3 is 2.47 bits per heavy atom. The Hall–Kier alpha value is -2.65. The molecule has 2 heterocycles. The van der Waals surface area contributed by atoms with Crippen LogP contribution in [-0.4, -0.2) is 27.5 Å². The molecule has 1 aromatic carbocycles. The van der Waals surface area contributed by atoms with E-state index < -0.39 is 0 Å². The van der Waals surface area contributed by atoms with E-state index in [1.165, 1.54) is 16.9 Å². The number of hydrogen-bond donors (Lipinski definition) is 3. The molecular formula is C25H30N4O3S2. The van der Waals surface area contributed by atoms with E-state index in [-0.39, 0.29) is 17.4 Å². The van der Waals surface area contributed by atoms with E-state index in [0.29, 0.717) is 47.5 Å². The fourth-order valence-electron chi connectivity index (χ4n) is 4.05. The number of amides is 2. The normalized spacial score (nSPS) is 13.1. The summed E-state index contributed by atoms with van der Waals surface area (Å²) in [6, 6.07) is 7.12. The minimum absolute atomic E-state index is 0.0162. The van der Waals surface area contributed by atoms with E-state index in [4.69, 9.17) is 0 Å². The third-order valence-corrected chi connectivity index (χ3v) is 7.79. The van der Waals surface area contributed by atoms with E-state index in [2.05, 4.69) is 20.6 Å². The van der Waals surface area contributed by atoms with E-state index >= 15 is 0 Å². The van der Waals surface area contributed by atoms with Crippen LogP contribution in [0.1, 0.15) is 55.8 Å². The van der Waals surface area contributed by atoms with E-state index in [1.807, 2.05) is 13.8 Å². The van der Waals surface area contributed by atoms with Gasteiger partial charge in [0.2, 0.25) is 11.8 Å². The van der Waals surface area contributed by atoms with Gasteiger partial charge in [-0.05, 0) is 61.4 Å². The molecule has 1 aliphatic carbocycles. The topological polar surface area (TPSA) is 104 Å². The lowest BCUT2D eigenvalue weighted by Crippen LogP contribution is -2.14. The number of carbonyl (C=O) groups excluding carboxylic acids is 2. The number of H-pyrrole nitrogens is 1. The van der Waals surface area contributed by atoms with Crippen LogP contribution in [0, 0.1) is 5.92 Å². The van der Waals surface area contributed by atoms with Crippen molar-refractivity contribution >= 4 is 56.5 Å². The monoisotopic (exact) mass is 498 g/mol. The van der Waals surface area contributed by atoms with Crippen LogP contribution < -0.4 is 16.2 Å². The molecule has 0 bridgehead atoms. The zero-order valence-electron chi connectivity index (χ0n) is 19.5. The van der Waals surface area contributed by atoms with Crippen molar-refractivity contribution in [3.63, 3.8) is 0 Å². The summed E-state index contributed by atoms with van der Waals surface area (Å²) in [7, 11) is 0. The fourth-order valence-corrected chi connectivity index (χ4v) is 6.14. The van der Waals surface area contributed by atoms with Gasteiger partial charge in [-0.15, -0.1) is 11.3 Å². The van der Waals surface area contributed by atoms with Crippen molar-refractivity contribution < 1.29 is 9.59 Å². The third kappa shape index (κ3) is 6.27. The molecule has 2 amide bonds. The Balaban J connectivity index is 1.23. The van der Waals surface area contributed by atoms with E-state index in [1.54, 1.807) is 47.4 Å². The molecule has 0 fully saturated rings. The van der Waals surface area contributed by atoms with Gasteiger partial charge in [0.25, 0.3) is 5.56 Å². The Bertz CT molecular complexity index is 1230. The predicted molar refractivity (Wildman–Crippen MR) is 141 cm³/mol. The number of aryl methyl sites for hydroxylation is 2. The molecule has 4 rings (SSSR count). The van der Waals surface area contributed by atoms with Crippen molar-refractivity contribution in [3.8, 4) is 0 Å². The molecule has 0 saturated carbocycles. The highest BCUT2D eigenvalue weighted by Gasteiger charge is 2.19. The molecular weight excluding hydrogens is 468 g/mol. The van der Waals surface area contributed by atoms with Crippen LogP contribution in [0.2, 0.25) is 0 Å². The SMILES string of the molecule is CC(C)CC(=O)Nc1ccc(NC(=O)CCSCc2nc3sc4c(c3c(=O)[nH]2)CCCC4)cc1. The first-order valence-corrected chi connectivity index (χ1v) is 13.7. The lowest BCUT2D eigenvalue weighted by molar-refractivity contribution is -0.117. The van der Waals surface area contributed by atoms with Gasteiger partial charge in [-0.25, -0.2) is 4.98 Å². The average Bonchev–Trinajstić information content (AvgIpc) is 3.16. The number of anilines is 2. The summed E-state index contributed by atoms with van der Waals surface area (Å²) >= 11 is 3.23. The lowest BCUT2D eigenvalue weighted by atomic mass is 9.97. The molecule has 0 spiro atoms. The zero-order valence-corrected chi connectivity index (χ0v) is 21.2. The lowest BCUT2D eigenvalue weighted by Gasteiger charge is -2.09. The standard InChI is InChI=1S/C25H30N4O3S2/c1-15(2)13-22(31)27-17-9-7-16(8-10-17)26-21(30)11-12-33-14-20-28-24(32)23-18-5-3-4-6-19(18)34-25(23)29-20/h7-10,15H,3-6,11-14H2,1-2H3,(H,26,30)(H,27,31)(H,28,29,32). The van der Waals surface area contributed by atoms with Crippen LogP contribution in [0.4, 0.5) is 11.4 Å². The van der Waals surface area contributed by atoms with Gasteiger partial charge < -0.3 is 15.6 Å². The smallest absolute Gasteiger partial charge is 0.259 e. The second kappa shape index (κ2) is 11.2. The number of aromatic nitrogens is 2. The molecule has 180 valence electrons. The molecule has 2 aromatic heterocycles. The molecule has 0 radical (unpaired) electrons. The number of hydrogen-bond acceptors (Lipinski definition) is 6. The van der Waals surface area contributed by atoms with Crippen LogP contribution in [0.25, 0.3) is 10.2 Å². The van der Waals surface area contributed by atoms with Gasteiger partial charge in [-0.2, -0.15) is 11.8 Å². The maximum Gasteiger partial charge on any atom is 0.259 e. The second-order valence-electron chi connectivity index (χ2n) is 8.98. The Labute approximate surface area is 207 Å². The Morgan fingerprint density at radius 2 is 1.76 bits per heavy atom. The molecule has 9 heteroatoms. The number of carbonyl (C=O) groups is 2. The van der Waals surface area contributed by atoms with E-state index in [9.17, 15) is 14.4 Å². The highest BCUT2D eigenvalue weighted by molar-refractivity contribution is 7.98. The van der Waals surface area contributed by atoms with Crippen molar-refractivity contribution in [2.75, 3.05) is 16.4 Å². The van der Waals surface area contributed by atoms with Gasteiger partial charge in [-0.1, -0.05) is 13.8 Å². The van der Waals surface area contributed by atoms with Crippen molar-refractivity contribution in [3.05, 3.63) is 50.9 Å². The summed E-state index contributed by atoms with van der Waals surface area (Å²) < 4.78 is 0. The summed E-state index contributed by atoms with van der Waals surface area (Å²) in [6.07, 6.45) is 5.17. The number of rotatable bonds is 9. The molecule has 0 aliphatic heterocycles. The molecule has 3 aromatic rings. The first-order valence-electron chi connectivity index (χ1n) is 11.7. The van der Waals surface area contributed by atoms with Crippen molar-refractivity contribution in [1.82, 2.24) is 9.97 Å². The number of thioether (sulfide) groups is 1. The van der Waals surface area contributed by atoms with Gasteiger partial charge in [0.1, 0.15) is 10.7 Å². The maximum absolute atomic E-state index is 12.6. The van der Waals surface area contributed by atoms with Crippen molar-refractivity contribution in [1.29, 1.82) is 0 Å². The molecule has 1 aliphatic rings. The van der Waals surface area contributed by atoms with Gasteiger partial charge in [-0.3, -0.25) is 14.4 Å². The predicted octanol–water partition coefficient (Wildman–Crippen LogP) is 5.11. The van der Waals surface area contributed by atoms with Crippen LogP contribution in [0.5, 0.6) is 0 Å². The van der Waals surface area contributed by atoms with Crippen LogP contribution in [-0.2, 0) is 28.2 Å². The third-order valence-electron chi connectivity index (χ3n) is 5.63. The van der Waals surface area contributed by atoms with Crippen LogP contribution in [0.3, 0.4) is 0 Å². The number of aromatic amines is 1. The van der Waals surface area contributed by atoms with Crippen LogP contribution >= 0.6 is 23.1 Å². The van der Waals surface area contributed by atoms with Gasteiger partial charge in [0.05, 0.1) is 11.1 Å². The molecule has 7 nitrogen and oxygen atoms in total. The fraction of sp³-hybridized carbons (Fsp3) is 0.440. The number of benzene rings is 1. The summed E-state index contributed by atoms with van der Waals surface area (Å²) in [5.74, 6) is 2.06. The Kier molecular flexibility index (Phi) is 8.05. The van der Waals surface area contributed by atoms with Crippen molar-refractivity contribution in [2.24, 2.45) is 5.92 Å². The minimum Gasteiger partial charge on any atom is -0.326 e. The quantitative estimate of drug-likeness (QED) is 0.356. The largest absolute Gasteiger partial charge is 0.326 e. The molecule has 0 saturated heterocycles. The molecule has 3 N–H and O–H groups in total. The maximum atomic E-state index is 12.6. The highest BCUT2D eigenvalue weighted by Crippen LogP contribution is 2.33. The first kappa shape index (κ1) is 24.5. The van der Waals surface area contributed by atoms with Crippen LogP contribution in [0.15, 0.2) is 29.1 Å². The van der Waals surface area contributed by atoms with Gasteiger partial charge >= 0.3 is 0 Å². The number of thiophene rings is 1. The number of nitrogens with zero attached hydrogens (tertiary/aromatic N) is 1. The number of nitrogens with one attached hydrogen (secondary N) is 3. The summed E-state index contributed by atoms with van der Waals surface area (Å²) in [6.45, 7) is 4.00. The summed E-state index contributed by atoms with van der Waals surface area (Å²) in [4.78, 5) is 46.5. The van der Waals surface area contributed by atoms with Crippen molar-refractivity contribution in [2.45, 2.75) is 58.1 Å². The first-order chi connectivity index (χ1) is 16.4. The van der Waals surface area contributed by atoms with E-state index in [0.717, 1.165) is 29.5 Å². The minimum atomic E-state index is -0.0769. The Morgan fingerprint density at radius 1 is 1.09 bits per heavy atom. The average molecular weight is 499 g/mol. The summed E-state index contributed by atoms with van der Waals surface area (Å²) in [5, 5.41) is 6.51. The van der Waals surface area contributed by atoms with Gasteiger partial charge in [0.15, 0.2) is 0 Å². The molecule has 0 unspecified atom stereocenters. The summed E-state index contributed by atoms with van der Waals surface area (Å²) in [5.41, 5.74) is 2.56. The highest BCUT2D eigenvalue weighted by atomic mass is 32.2. The molecule has 0 atom stereocenters.